The van der Waals surface area contributed by atoms with Crippen molar-refractivity contribution in [3.8, 4) is 0 Å². The predicted octanol–water partition coefficient (Wildman–Crippen LogP) is 3.36. The molecule has 1 aromatic carbocycles. The number of halogens is 1. The number of ether oxygens (including phenoxy) is 2. The first-order chi connectivity index (χ1) is 12.2. The van der Waals surface area contributed by atoms with Crippen molar-refractivity contribution in [2.24, 2.45) is 0 Å². The molecule has 150 valence electrons. The zero-order valence-corrected chi connectivity index (χ0v) is 16.8. The van der Waals surface area contributed by atoms with Gasteiger partial charge in [0.1, 0.15) is 17.0 Å². The molecule has 2 N–H and O–H groups in total. The van der Waals surface area contributed by atoms with Crippen LogP contribution in [0.5, 0.6) is 0 Å². The Hall–Kier alpha value is -2.64. The lowest BCUT2D eigenvalue weighted by molar-refractivity contribution is -0.487. The summed E-state index contributed by atoms with van der Waals surface area (Å²) in [6.07, 6.45) is -1.54. The molecule has 0 saturated carbocycles. The summed E-state index contributed by atoms with van der Waals surface area (Å²) in [5.74, 6) is -1.12. The Morgan fingerprint density at radius 2 is 1.67 bits per heavy atom. The van der Waals surface area contributed by atoms with Gasteiger partial charge in [0, 0.05) is 12.6 Å². The number of carbonyl (C=O) groups excluding carboxylic acids is 2. The monoisotopic (exact) mass is 383 g/mol. The molecule has 0 fully saturated rings. The number of aliphatic hydroxyl groups is 1. The first-order valence-corrected chi connectivity index (χ1v) is 8.49. The van der Waals surface area contributed by atoms with Gasteiger partial charge in [0.25, 0.3) is 5.91 Å². The highest BCUT2D eigenvalue weighted by Gasteiger charge is 2.35. The third-order valence-electron chi connectivity index (χ3n) is 3.11. The van der Waals surface area contributed by atoms with Crippen LogP contribution in [0.1, 0.15) is 57.5 Å². The van der Waals surface area contributed by atoms with Crippen LogP contribution < -0.4 is 5.32 Å². The average molecular weight is 383 g/mol. The second-order valence-electron chi connectivity index (χ2n) is 7.94. The third kappa shape index (κ3) is 7.24. The summed E-state index contributed by atoms with van der Waals surface area (Å²) in [6.45, 7) is 9.88. The SMILES string of the molecule is CNC(=O)c1cc(F)ccc1C/[N+](C(=O)OC(C)(C)C)=C(/O)OC(C)(C)C. The second-order valence-corrected chi connectivity index (χ2v) is 7.94. The number of amides is 2. The maximum Gasteiger partial charge on any atom is 0.603 e. The van der Waals surface area contributed by atoms with E-state index in [4.69, 9.17) is 9.47 Å². The van der Waals surface area contributed by atoms with Crippen LogP contribution in [0, 0.1) is 5.82 Å². The summed E-state index contributed by atoms with van der Waals surface area (Å²) < 4.78 is 25.1. The van der Waals surface area contributed by atoms with Gasteiger partial charge in [-0.05, 0) is 64.3 Å². The van der Waals surface area contributed by atoms with Gasteiger partial charge < -0.3 is 19.9 Å². The molecule has 7 nitrogen and oxygen atoms in total. The Balaban J connectivity index is 3.40. The molecule has 0 aliphatic heterocycles. The van der Waals surface area contributed by atoms with E-state index >= 15 is 0 Å². The molecule has 1 rings (SSSR count). The topological polar surface area (TPSA) is 87.9 Å². The van der Waals surface area contributed by atoms with Crippen LogP contribution in [-0.2, 0) is 16.0 Å². The van der Waals surface area contributed by atoms with Gasteiger partial charge in [0.05, 0.1) is 5.56 Å². The molecule has 1 aromatic rings. The van der Waals surface area contributed by atoms with Crippen LogP contribution in [0.15, 0.2) is 18.2 Å². The summed E-state index contributed by atoms with van der Waals surface area (Å²) in [5.41, 5.74) is -1.25. The van der Waals surface area contributed by atoms with Crippen molar-refractivity contribution in [2.75, 3.05) is 7.05 Å². The quantitative estimate of drug-likeness (QED) is 0.475. The number of rotatable bonds is 3. The van der Waals surface area contributed by atoms with Crippen molar-refractivity contribution in [1.29, 1.82) is 0 Å². The predicted molar refractivity (Wildman–Crippen MR) is 98.5 cm³/mol. The molecule has 0 aliphatic carbocycles. The average Bonchev–Trinajstić information content (AvgIpc) is 2.49. The molecule has 0 atom stereocenters. The molecule has 0 spiro atoms. The molecule has 0 heterocycles. The fourth-order valence-corrected chi connectivity index (χ4v) is 2.06. The van der Waals surface area contributed by atoms with Gasteiger partial charge in [0.2, 0.25) is 0 Å². The number of nitrogens with zero attached hydrogens (tertiary/aromatic N) is 1. The number of nitrogens with one attached hydrogen (secondary N) is 1. The van der Waals surface area contributed by atoms with E-state index in [0.29, 0.717) is 5.56 Å². The number of hydrogen-bond acceptors (Lipinski definition) is 4. The molecule has 0 aliphatic rings. The molecule has 8 heteroatoms. The lowest BCUT2D eigenvalue weighted by Crippen LogP contribution is -2.38. The standard InChI is InChI=1S/C19H27FN2O5/c1-18(2,3)26-16(24)22(17(25)27-19(4,5)6)11-12-8-9-13(20)10-14(12)15(23)21-7/h8-10H,11H2,1-7H3,(H,21,23)/p+1. The molecule has 0 aromatic heterocycles. The molecule has 2 amide bonds. The van der Waals surface area contributed by atoms with Crippen LogP contribution in [-0.4, -0.2) is 46.0 Å². The van der Waals surface area contributed by atoms with E-state index in [0.717, 1.165) is 16.7 Å². The molecule has 0 radical (unpaired) electrons. The lowest BCUT2D eigenvalue weighted by atomic mass is 10.1. The highest BCUT2D eigenvalue weighted by molar-refractivity contribution is 5.95. The summed E-state index contributed by atoms with van der Waals surface area (Å²) in [5, 5.41) is 12.8. The van der Waals surface area contributed by atoms with Crippen molar-refractivity contribution >= 4 is 18.1 Å². The van der Waals surface area contributed by atoms with Gasteiger partial charge in [-0.25, -0.2) is 4.39 Å². The molecule has 27 heavy (non-hydrogen) atoms. The zero-order valence-electron chi connectivity index (χ0n) is 16.8. The Morgan fingerprint density at radius 1 is 1.11 bits per heavy atom. The van der Waals surface area contributed by atoms with E-state index in [2.05, 4.69) is 5.32 Å². The number of aliphatic hydroxyl groups excluding tert-OH is 1. The second kappa shape index (κ2) is 8.37. The first-order valence-electron chi connectivity index (χ1n) is 8.49. The largest absolute Gasteiger partial charge is 0.603 e. The van der Waals surface area contributed by atoms with E-state index in [1.807, 2.05) is 0 Å². The minimum absolute atomic E-state index is 0.0367. The van der Waals surface area contributed by atoms with E-state index < -0.39 is 35.1 Å². The molecule has 0 saturated heterocycles. The van der Waals surface area contributed by atoms with Crippen molar-refractivity contribution in [3.63, 3.8) is 0 Å². The lowest BCUT2D eigenvalue weighted by Gasteiger charge is -2.20. The van der Waals surface area contributed by atoms with Crippen LogP contribution >= 0.6 is 0 Å². The summed E-state index contributed by atoms with van der Waals surface area (Å²) in [4.78, 5) is 24.6. The third-order valence-corrected chi connectivity index (χ3v) is 3.11. The van der Waals surface area contributed by atoms with E-state index in [1.54, 1.807) is 41.5 Å². The van der Waals surface area contributed by atoms with Gasteiger partial charge in [-0.1, -0.05) is 0 Å². The van der Waals surface area contributed by atoms with Crippen molar-refractivity contribution in [2.45, 2.75) is 59.3 Å². The van der Waals surface area contributed by atoms with E-state index in [9.17, 15) is 19.1 Å². The van der Waals surface area contributed by atoms with E-state index in [1.165, 1.54) is 13.1 Å². The Kier molecular flexibility index (Phi) is 6.94. The summed E-state index contributed by atoms with van der Waals surface area (Å²) in [6, 6.07) is 3.58. The normalized spacial score (nSPS) is 12.9. The van der Waals surface area contributed by atoms with Crippen molar-refractivity contribution in [1.82, 2.24) is 5.32 Å². The molecular weight excluding hydrogens is 355 g/mol. The smallest absolute Gasteiger partial charge is 0.430 e. The number of carbonyl (C=O) groups is 2. The Bertz CT molecular complexity index is 745. The fourth-order valence-electron chi connectivity index (χ4n) is 2.06. The minimum Gasteiger partial charge on any atom is -0.430 e. The summed E-state index contributed by atoms with van der Waals surface area (Å²) >= 11 is 0. The number of hydrogen-bond donors (Lipinski definition) is 2. The highest BCUT2D eigenvalue weighted by atomic mass is 19.1. The number of benzene rings is 1. The molecular formula is C19H28FN2O5+. The van der Waals surface area contributed by atoms with Gasteiger partial charge in [0.15, 0.2) is 6.54 Å². The van der Waals surface area contributed by atoms with Crippen LogP contribution in [0.4, 0.5) is 9.18 Å². The van der Waals surface area contributed by atoms with Crippen LogP contribution in [0.2, 0.25) is 0 Å². The Morgan fingerprint density at radius 3 is 2.15 bits per heavy atom. The first kappa shape index (κ1) is 22.4. The van der Waals surface area contributed by atoms with Crippen LogP contribution in [0.3, 0.4) is 0 Å². The van der Waals surface area contributed by atoms with Gasteiger partial charge in [-0.2, -0.15) is 4.79 Å². The van der Waals surface area contributed by atoms with Gasteiger partial charge in [-0.15, -0.1) is 0 Å². The maximum atomic E-state index is 13.6. The van der Waals surface area contributed by atoms with E-state index in [-0.39, 0.29) is 12.1 Å². The molecule has 0 bridgehead atoms. The highest BCUT2D eigenvalue weighted by Crippen LogP contribution is 2.16. The molecule has 0 unspecified atom stereocenters. The fraction of sp³-hybridized carbons (Fsp3) is 0.526. The maximum absolute atomic E-state index is 13.6. The van der Waals surface area contributed by atoms with Crippen LogP contribution in [0.25, 0.3) is 0 Å². The van der Waals surface area contributed by atoms with Crippen molar-refractivity contribution < 1.29 is 33.1 Å². The summed E-state index contributed by atoms with van der Waals surface area (Å²) in [7, 11) is 1.41. The Labute approximate surface area is 158 Å². The zero-order chi connectivity index (χ0) is 21.0. The minimum atomic E-state index is -0.864. The van der Waals surface area contributed by atoms with Crippen molar-refractivity contribution in [3.05, 3.63) is 35.1 Å². The van der Waals surface area contributed by atoms with Gasteiger partial charge in [-0.3, -0.25) is 4.79 Å². The van der Waals surface area contributed by atoms with Gasteiger partial charge >= 0.3 is 12.2 Å².